The molecule has 0 radical (unpaired) electrons. The Morgan fingerprint density at radius 1 is 1.33 bits per heavy atom. The summed E-state index contributed by atoms with van der Waals surface area (Å²) in [5.41, 5.74) is 9.89. The summed E-state index contributed by atoms with van der Waals surface area (Å²) in [5, 5.41) is 9.98. The van der Waals surface area contributed by atoms with Crippen LogP contribution in [0, 0.1) is 0 Å². The highest BCUT2D eigenvalue weighted by molar-refractivity contribution is 9.10. The number of rotatable bonds is 1. The first kappa shape index (κ1) is 12.3. The molecule has 90 valence electrons. The number of hydrogen-bond donors (Lipinski definition) is 1. The van der Waals surface area contributed by atoms with Crippen molar-refractivity contribution in [1.82, 2.24) is 5.32 Å². The van der Waals surface area contributed by atoms with Crippen LogP contribution in [-0.4, -0.2) is 28.0 Å². The molecule has 2 rings (SSSR count). The van der Waals surface area contributed by atoms with E-state index in [0.717, 1.165) is 4.47 Å². The lowest BCUT2D eigenvalue weighted by atomic mass is 10.2. The fraction of sp³-hybridized carbons (Fsp3) is 0.0909. The average Bonchev–Trinajstić information content (AvgIpc) is 2.70. The molecule has 1 heterocycles. The number of nitrogens with zero attached hydrogens (tertiary/aromatic N) is 4. The van der Waals surface area contributed by atoms with Crippen LogP contribution in [0.5, 0.6) is 0 Å². The van der Waals surface area contributed by atoms with Gasteiger partial charge < -0.3 is 5.53 Å². The van der Waals surface area contributed by atoms with Crippen LogP contribution >= 0.6 is 15.9 Å². The molecule has 0 saturated heterocycles. The van der Waals surface area contributed by atoms with Gasteiger partial charge in [-0.05, 0) is 31.2 Å². The van der Waals surface area contributed by atoms with E-state index in [-0.39, 0.29) is 17.5 Å². The quantitative estimate of drug-likeness (QED) is 0.620. The van der Waals surface area contributed by atoms with E-state index in [1.807, 2.05) is 0 Å². The lowest BCUT2D eigenvalue weighted by molar-refractivity contribution is 0.00162. The third-order valence-corrected chi connectivity index (χ3v) is 2.83. The third kappa shape index (κ3) is 2.42. The highest BCUT2D eigenvalue weighted by Crippen LogP contribution is 2.10. The van der Waals surface area contributed by atoms with E-state index in [1.165, 1.54) is 0 Å². The Morgan fingerprint density at radius 2 is 2.00 bits per heavy atom. The van der Waals surface area contributed by atoms with E-state index in [0.29, 0.717) is 11.3 Å². The van der Waals surface area contributed by atoms with Crippen molar-refractivity contribution in [2.75, 3.05) is 0 Å². The van der Waals surface area contributed by atoms with E-state index in [9.17, 15) is 4.79 Å². The second-order valence-electron chi connectivity index (χ2n) is 3.54. The highest BCUT2D eigenvalue weighted by Gasteiger charge is 2.28. The van der Waals surface area contributed by atoms with E-state index in [1.54, 1.807) is 31.2 Å². The molecule has 7 heteroatoms. The first-order chi connectivity index (χ1) is 8.61. The molecule has 1 aliphatic rings. The number of amides is 1. The summed E-state index contributed by atoms with van der Waals surface area (Å²) in [4.78, 5) is 14.9. The van der Waals surface area contributed by atoms with E-state index in [4.69, 9.17) is 5.53 Å². The van der Waals surface area contributed by atoms with Gasteiger partial charge in [0.1, 0.15) is 0 Å². The smallest absolute Gasteiger partial charge is 0.361 e. The summed E-state index contributed by atoms with van der Waals surface area (Å²) in [5.74, 6) is -0.199. The maximum Gasteiger partial charge on any atom is 0.382 e. The molecular formula is C11H8BrN5O. The van der Waals surface area contributed by atoms with Crippen molar-refractivity contribution in [2.45, 2.75) is 6.92 Å². The van der Waals surface area contributed by atoms with Gasteiger partial charge in [-0.25, -0.2) is 0 Å². The van der Waals surface area contributed by atoms with Crippen LogP contribution in [0.2, 0.25) is 0 Å². The third-order valence-electron chi connectivity index (χ3n) is 2.31. The van der Waals surface area contributed by atoms with Gasteiger partial charge in [0.2, 0.25) is 5.84 Å². The molecule has 0 aliphatic carbocycles. The Labute approximate surface area is 111 Å². The van der Waals surface area contributed by atoms with Gasteiger partial charge in [-0.2, -0.15) is 4.79 Å². The lowest BCUT2D eigenvalue weighted by Crippen LogP contribution is -2.37. The summed E-state index contributed by atoms with van der Waals surface area (Å²) in [7, 11) is 0. The second kappa shape index (κ2) is 5.03. The van der Waals surface area contributed by atoms with Crippen LogP contribution in [0.3, 0.4) is 0 Å². The number of carbonyl (C=O) groups is 1. The van der Waals surface area contributed by atoms with Crippen molar-refractivity contribution in [3.05, 3.63) is 39.8 Å². The SMILES string of the molecule is CC1=NN=C(NC(=O)c2ccc(Br)cc2)C1=[N+]=[N-]. The predicted molar refractivity (Wildman–Crippen MR) is 70.8 cm³/mol. The maximum atomic E-state index is 11.9. The van der Waals surface area contributed by atoms with Crippen LogP contribution < -0.4 is 5.32 Å². The monoisotopic (exact) mass is 305 g/mol. The zero-order valence-corrected chi connectivity index (χ0v) is 11.0. The highest BCUT2D eigenvalue weighted by atomic mass is 79.9. The Balaban J connectivity index is 2.15. The number of benzene rings is 1. The number of halogens is 1. The zero-order chi connectivity index (χ0) is 13.1. The number of amidine groups is 1. The molecule has 6 nitrogen and oxygen atoms in total. The van der Waals surface area contributed by atoms with Crippen molar-refractivity contribution in [3.8, 4) is 0 Å². The maximum absolute atomic E-state index is 11.9. The molecule has 0 atom stereocenters. The molecule has 0 aromatic heterocycles. The molecule has 1 aromatic rings. The predicted octanol–water partition coefficient (Wildman–Crippen LogP) is 1.64. The van der Waals surface area contributed by atoms with Crippen LogP contribution in [-0.2, 0) is 0 Å². The minimum absolute atomic E-state index is 0.142. The first-order valence-corrected chi connectivity index (χ1v) is 5.83. The van der Waals surface area contributed by atoms with Crippen molar-refractivity contribution < 1.29 is 9.58 Å². The normalized spacial score (nSPS) is 13.8. The molecule has 1 amide bonds. The van der Waals surface area contributed by atoms with Crippen molar-refractivity contribution in [1.29, 1.82) is 0 Å². The van der Waals surface area contributed by atoms with Crippen LogP contribution in [0.4, 0.5) is 0 Å². The number of nitrogens with one attached hydrogen (secondary N) is 1. The summed E-state index contributed by atoms with van der Waals surface area (Å²) < 4.78 is 0.883. The molecule has 18 heavy (non-hydrogen) atoms. The molecule has 1 N–H and O–H groups in total. The van der Waals surface area contributed by atoms with E-state index in [2.05, 4.69) is 36.2 Å². The summed E-state index contributed by atoms with van der Waals surface area (Å²) in [6.07, 6.45) is 0. The van der Waals surface area contributed by atoms with E-state index >= 15 is 0 Å². The first-order valence-electron chi connectivity index (χ1n) is 5.04. The topological polar surface area (TPSA) is 90.2 Å². The summed E-state index contributed by atoms with van der Waals surface area (Å²) >= 11 is 3.29. The van der Waals surface area contributed by atoms with Gasteiger partial charge in [0.05, 0.1) is 0 Å². The Morgan fingerprint density at radius 3 is 2.61 bits per heavy atom. The van der Waals surface area contributed by atoms with Crippen molar-refractivity contribution >= 4 is 39.1 Å². The van der Waals surface area contributed by atoms with Gasteiger partial charge in [0, 0.05) is 10.0 Å². The minimum Gasteiger partial charge on any atom is -0.361 e. The van der Waals surface area contributed by atoms with Gasteiger partial charge in [-0.3, -0.25) is 10.1 Å². The van der Waals surface area contributed by atoms with Gasteiger partial charge in [0.15, 0.2) is 5.71 Å². The van der Waals surface area contributed by atoms with Gasteiger partial charge in [-0.15, -0.1) is 10.2 Å². The number of carbonyl (C=O) groups excluding carboxylic acids is 1. The molecule has 1 aromatic carbocycles. The van der Waals surface area contributed by atoms with Crippen LogP contribution in [0.1, 0.15) is 17.3 Å². The van der Waals surface area contributed by atoms with Crippen molar-refractivity contribution in [3.63, 3.8) is 0 Å². The summed E-state index contributed by atoms with van der Waals surface area (Å²) in [6, 6.07) is 6.85. The minimum atomic E-state index is -0.340. The Hall–Kier alpha value is -2.11. The average molecular weight is 306 g/mol. The lowest BCUT2D eigenvalue weighted by Gasteiger charge is -2.01. The number of hydrogen-bond acceptors (Lipinski definition) is 3. The van der Waals surface area contributed by atoms with Gasteiger partial charge >= 0.3 is 5.71 Å². The van der Waals surface area contributed by atoms with E-state index < -0.39 is 0 Å². The van der Waals surface area contributed by atoms with Gasteiger partial charge in [-0.1, -0.05) is 15.9 Å². The molecule has 0 bridgehead atoms. The standard InChI is InChI=1S/C11H8BrN5O/c1-6-9(15-13)10(17-16-6)14-11(18)7-2-4-8(12)5-3-7/h2-5H,1H3,(H,14,17,18). The molecular weight excluding hydrogens is 298 g/mol. The molecule has 0 fully saturated rings. The largest absolute Gasteiger partial charge is 0.382 e. The fourth-order valence-corrected chi connectivity index (χ4v) is 1.64. The summed E-state index contributed by atoms with van der Waals surface area (Å²) in [6.45, 7) is 1.64. The molecule has 0 unspecified atom stereocenters. The van der Waals surface area contributed by atoms with Crippen LogP contribution in [0.15, 0.2) is 38.9 Å². The molecule has 1 aliphatic heterocycles. The molecule has 0 saturated carbocycles. The second-order valence-corrected chi connectivity index (χ2v) is 4.46. The van der Waals surface area contributed by atoms with Gasteiger partial charge in [0.25, 0.3) is 5.91 Å². The Bertz CT molecular complexity index is 611. The zero-order valence-electron chi connectivity index (χ0n) is 9.38. The molecule has 0 spiro atoms. The van der Waals surface area contributed by atoms with Crippen molar-refractivity contribution in [2.24, 2.45) is 10.2 Å². The fourth-order valence-electron chi connectivity index (χ4n) is 1.38. The Kier molecular flexibility index (Phi) is 3.45. The van der Waals surface area contributed by atoms with Crippen LogP contribution in [0.25, 0.3) is 5.53 Å².